The van der Waals surface area contributed by atoms with Gasteiger partial charge in [-0.2, -0.15) is 5.26 Å². The Balaban J connectivity index is 1.85. The third kappa shape index (κ3) is 3.33. The van der Waals surface area contributed by atoms with Crippen molar-refractivity contribution in [1.29, 1.82) is 5.26 Å². The fourth-order valence-electron chi connectivity index (χ4n) is 3.16. The van der Waals surface area contributed by atoms with Gasteiger partial charge >= 0.3 is 6.09 Å². The van der Waals surface area contributed by atoms with Gasteiger partial charge in [0.25, 0.3) is 0 Å². The van der Waals surface area contributed by atoms with Crippen LogP contribution in [-0.4, -0.2) is 46.6 Å². The number of H-pyrrole nitrogens is 1. The molecule has 0 aromatic carbocycles. The van der Waals surface area contributed by atoms with Gasteiger partial charge in [-0.05, 0) is 33.3 Å². The molecule has 3 heterocycles. The molecule has 1 fully saturated rings. The number of carbonyl (C=O) groups is 2. The minimum atomic E-state index is -1.03. The Morgan fingerprint density at radius 3 is 2.96 bits per heavy atom. The number of rotatable bonds is 3. The lowest BCUT2D eigenvalue weighted by molar-refractivity contribution is -0.112. The first kappa shape index (κ1) is 17.7. The van der Waals surface area contributed by atoms with E-state index < -0.39 is 17.2 Å². The Kier molecular flexibility index (Phi) is 4.32. The lowest BCUT2D eigenvalue weighted by atomic mass is 10.0. The van der Waals surface area contributed by atoms with Gasteiger partial charge in [0.15, 0.2) is 0 Å². The Bertz CT molecular complexity index is 892. The molecule has 1 unspecified atom stereocenters. The largest absolute Gasteiger partial charge is 0.444 e. The van der Waals surface area contributed by atoms with E-state index in [1.807, 2.05) is 11.0 Å². The van der Waals surface area contributed by atoms with E-state index in [-0.39, 0.29) is 0 Å². The average Bonchev–Trinajstić information content (AvgIpc) is 3.17. The minimum absolute atomic E-state index is 0.297. The molecule has 0 saturated carbocycles. The van der Waals surface area contributed by atoms with Crippen LogP contribution in [0.1, 0.15) is 32.8 Å². The SMILES string of the molecule is CC(C)(C)OC(=O)NC1(C=O)CCN(c2ccnc3[nH]cc(C#N)c23)C1. The summed E-state index contributed by atoms with van der Waals surface area (Å²) in [7, 11) is 0. The van der Waals surface area contributed by atoms with E-state index in [1.54, 1.807) is 33.2 Å². The molecule has 8 nitrogen and oxygen atoms in total. The number of nitrogens with zero attached hydrogens (tertiary/aromatic N) is 3. The normalized spacial score (nSPS) is 20.0. The molecule has 136 valence electrons. The number of hydrogen-bond donors (Lipinski definition) is 2. The fraction of sp³-hybridized carbons (Fsp3) is 0.444. The average molecular weight is 355 g/mol. The number of aldehydes is 1. The topological polar surface area (TPSA) is 111 Å². The number of alkyl carbamates (subject to hydrolysis) is 1. The van der Waals surface area contributed by atoms with Crippen molar-refractivity contribution in [3.05, 3.63) is 24.0 Å². The third-order valence-corrected chi connectivity index (χ3v) is 4.29. The Labute approximate surface area is 151 Å². The highest BCUT2D eigenvalue weighted by Gasteiger charge is 2.41. The number of ether oxygens (including phenoxy) is 1. The van der Waals surface area contributed by atoms with Crippen molar-refractivity contribution in [1.82, 2.24) is 15.3 Å². The van der Waals surface area contributed by atoms with Crippen LogP contribution >= 0.6 is 0 Å². The molecule has 2 aromatic heterocycles. The Morgan fingerprint density at radius 2 is 2.31 bits per heavy atom. The number of aromatic amines is 1. The first-order chi connectivity index (χ1) is 12.3. The summed E-state index contributed by atoms with van der Waals surface area (Å²) in [5, 5.41) is 12.7. The number of fused-ring (bicyclic) bond motifs is 1. The van der Waals surface area contributed by atoms with Crippen LogP contribution in [-0.2, 0) is 9.53 Å². The summed E-state index contributed by atoms with van der Waals surface area (Å²) in [5.41, 5.74) is 0.245. The quantitative estimate of drug-likeness (QED) is 0.816. The molecule has 0 radical (unpaired) electrons. The van der Waals surface area contributed by atoms with Crippen molar-refractivity contribution in [3.63, 3.8) is 0 Å². The van der Waals surface area contributed by atoms with Crippen molar-refractivity contribution >= 4 is 29.1 Å². The lowest BCUT2D eigenvalue weighted by Gasteiger charge is -2.28. The van der Waals surface area contributed by atoms with Gasteiger partial charge in [-0.3, -0.25) is 0 Å². The molecular formula is C18H21N5O3. The Hall–Kier alpha value is -3.08. The fourth-order valence-corrected chi connectivity index (χ4v) is 3.16. The standard InChI is InChI=1S/C18H21N5O3/c1-17(2,3)26-16(25)22-18(11-24)5-7-23(10-18)13-4-6-20-15-14(13)12(8-19)9-21-15/h4,6,9,11H,5,7,10H2,1-3H3,(H,20,21)(H,22,25). The number of nitriles is 1. The maximum atomic E-state index is 12.1. The number of hydrogen-bond acceptors (Lipinski definition) is 6. The molecule has 1 aliphatic rings. The number of pyridine rings is 1. The van der Waals surface area contributed by atoms with Gasteiger partial charge in [-0.15, -0.1) is 0 Å². The molecular weight excluding hydrogens is 334 g/mol. The van der Waals surface area contributed by atoms with Gasteiger partial charge in [0.2, 0.25) is 0 Å². The maximum Gasteiger partial charge on any atom is 0.408 e. The smallest absolute Gasteiger partial charge is 0.408 e. The number of carbonyl (C=O) groups excluding carboxylic acids is 2. The summed E-state index contributed by atoms with van der Waals surface area (Å²) in [6.45, 7) is 6.16. The maximum absolute atomic E-state index is 12.1. The van der Waals surface area contributed by atoms with Crippen LogP contribution < -0.4 is 10.2 Å². The van der Waals surface area contributed by atoms with Gasteiger partial charge in [-0.25, -0.2) is 9.78 Å². The molecule has 1 amide bonds. The highest BCUT2D eigenvalue weighted by Crippen LogP contribution is 2.32. The van der Waals surface area contributed by atoms with Gasteiger partial charge in [0.05, 0.1) is 16.6 Å². The molecule has 1 saturated heterocycles. The van der Waals surface area contributed by atoms with E-state index in [0.29, 0.717) is 36.1 Å². The summed E-state index contributed by atoms with van der Waals surface area (Å²) in [6.07, 6.45) is 3.86. The van der Waals surface area contributed by atoms with Crippen LogP contribution in [0.25, 0.3) is 11.0 Å². The second-order valence-electron chi connectivity index (χ2n) is 7.44. The van der Waals surface area contributed by atoms with Crippen molar-refractivity contribution in [2.24, 2.45) is 0 Å². The van der Waals surface area contributed by atoms with Crippen molar-refractivity contribution in [3.8, 4) is 6.07 Å². The van der Waals surface area contributed by atoms with E-state index in [4.69, 9.17) is 4.74 Å². The molecule has 2 aromatic rings. The van der Waals surface area contributed by atoms with Gasteiger partial charge < -0.3 is 24.7 Å². The zero-order valence-corrected chi connectivity index (χ0v) is 15.0. The van der Waals surface area contributed by atoms with Gasteiger partial charge in [0, 0.05) is 25.5 Å². The van der Waals surface area contributed by atoms with E-state index in [1.165, 1.54) is 0 Å². The molecule has 8 heteroatoms. The van der Waals surface area contributed by atoms with Crippen LogP contribution in [0.4, 0.5) is 10.5 Å². The number of amides is 1. The third-order valence-electron chi connectivity index (χ3n) is 4.29. The van der Waals surface area contributed by atoms with Crippen LogP contribution in [0.15, 0.2) is 18.5 Å². The number of anilines is 1. The minimum Gasteiger partial charge on any atom is -0.444 e. The predicted molar refractivity (Wildman–Crippen MR) is 95.8 cm³/mol. The predicted octanol–water partition coefficient (Wildman–Crippen LogP) is 2.11. The van der Waals surface area contributed by atoms with E-state index in [0.717, 1.165) is 12.0 Å². The highest BCUT2D eigenvalue weighted by atomic mass is 16.6. The zero-order valence-electron chi connectivity index (χ0n) is 15.0. The van der Waals surface area contributed by atoms with Gasteiger partial charge in [0.1, 0.15) is 29.1 Å². The van der Waals surface area contributed by atoms with Crippen LogP contribution in [0.2, 0.25) is 0 Å². The second-order valence-corrected chi connectivity index (χ2v) is 7.44. The molecule has 0 aliphatic carbocycles. The van der Waals surface area contributed by atoms with Crippen LogP contribution in [0.5, 0.6) is 0 Å². The summed E-state index contributed by atoms with van der Waals surface area (Å²) in [6, 6.07) is 3.96. The highest BCUT2D eigenvalue weighted by molar-refractivity contribution is 5.95. The first-order valence-corrected chi connectivity index (χ1v) is 8.35. The van der Waals surface area contributed by atoms with Crippen molar-refractivity contribution < 1.29 is 14.3 Å². The van der Waals surface area contributed by atoms with E-state index in [2.05, 4.69) is 21.4 Å². The number of nitrogens with one attached hydrogen (secondary N) is 2. The summed E-state index contributed by atoms with van der Waals surface area (Å²) >= 11 is 0. The molecule has 2 N–H and O–H groups in total. The van der Waals surface area contributed by atoms with Gasteiger partial charge in [-0.1, -0.05) is 0 Å². The molecule has 3 rings (SSSR count). The van der Waals surface area contributed by atoms with Crippen molar-refractivity contribution in [2.75, 3.05) is 18.0 Å². The van der Waals surface area contributed by atoms with Crippen LogP contribution in [0, 0.1) is 11.3 Å². The second kappa shape index (κ2) is 6.33. The lowest BCUT2D eigenvalue weighted by Crippen LogP contribution is -2.53. The van der Waals surface area contributed by atoms with Crippen molar-refractivity contribution in [2.45, 2.75) is 38.3 Å². The summed E-state index contributed by atoms with van der Waals surface area (Å²) in [4.78, 5) is 33.1. The molecule has 26 heavy (non-hydrogen) atoms. The number of aromatic nitrogens is 2. The van der Waals surface area contributed by atoms with E-state index in [9.17, 15) is 14.9 Å². The van der Waals surface area contributed by atoms with E-state index >= 15 is 0 Å². The zero-order chi connectivity index (χ0) is 18.9. The molecule has 1 aliphatic heterocycles. The first-order valence-electron chi connectivity index (χ1n) is 8.35. The summed E-state index contributed by atoms with van der Waals surface area (Å²) in [5.74, 6) is 0. The summed E-state index contributed by atoms with van der Waals surface area (Å²) < 4.78 is 5.28. The monoisotopic (exact) mass is 355 g/mol. The molecule has 1 atom stereocenters. The molecule has 0 bridgehead atoms. The Morgan fingerprint density at radius 1 is 1.54 bits per heavy atom. The van der Waals surface area contributed by atoms with Crippen LogP contribution in [0.3, 0.4) is 0 Å². The molecule has 0 spiro atoms.